The van der Waals surface area contributed by atoms with Crippen LogP contribution in [0.4, 0.5) is 29.6 Å². The summed E-state index contributed by atoms with van der Waals surface area (Å²) in [6.07, 6.45) is -4.69. The topological polar surface area (TPSA) is 102 Å². The molecule has 11 heteroatoms. The SMILES string of the molecule is COC(=O)Cc1ccccc1C#Cc1nc(Nc2ccc(CNC(=O)OC(C)(C)C)cc2)ncc1C(F)(F)F. The molecule has 204 valence electrons. The minimum absolute atomic E-state index is 0.0760. The van der Waals surface area contributed by atoms with Gasteiger partial charge in [-0.1, -0.05) is 36.3 Å². The van der Waals surface area contributed by atoms with Crippen LogP contribution in [0.15, 0.2) is 54.7 Å². The number of halogens is 3. The highest BCUT2D eigenvalue weighted by atomic mass is 19.4. The number of alkyl halides is 3. The second-order valence-electron chi connectivity index (χ2n) is 9.29. The summed E-state index contributed by atoms with van der Waals surface area (Å²) in [4.78, 5) is 31.3. The van der Waals surface area contributed by atoms with E-state index in [9.17, 15) is 22.8 Å². The summed E-state index contributed by atoms with van der Waals surface area (Å²) >= 11 is 0. The summed E-state index contributed by atoms with van der Waals surface area (Å²) < 4.78 is 50.7. The van der Waals surface area contributed by atoms with Gasteiger partial charge in [0.15, 0.2) is 0 Å². The number of alkyl carbamates (subject to hydrolysis) is 1. The van der Waals surface area contributed by atoms with Crippen molar-refractivity contribution in [2.45, 2.75) is 45.5 Å². The molecule has 0 radical (unpaired) electrons. The monoisotopic (exact) mass is 540 g/mol. The van der Waals surface area contributed by atoms with Gasteiger partial charge in [-0.15, -0.1) is 0 Å². The lowest BCUT2D eigenvalue weighted by Gasteiger charge is -2.19. The van der Waals surface area contributed by atoms with Gasteiger partial charge >= 0.3 is 18.2 Å². The van der Waals surface area contributed by atoms with Crippen molar-refractivity contribution in [3.63, 3.8) is 0 Å². The van der Waals surface area contributed by atoms with Crippen LogP contribution in [0.5, 0.6) is 0 Å². The first kappa shape index (κ1) is 29.0. The Hall–Kier alpha value is -4.59. The average molecular weight is 541 g/mol. The van der Waals surface area contributed by atoms with Gasteiger partial charge in [0.25, 0.3) is 0 Å². The van der Waals surface area contributed by atoms with Gasteiger partial charge in [0.2, 0.25) is 5.95 Å². The van der Waals surface area contributed by atoms with Gasteiger partial charge in [-0.3, -0.25) is 4.79 Å². The molecule has 3 aromatic rings. The summed E-state index contributed by atoms with van der Waals surface area (Å²) in [5.41, 5.74) is -0.0516. The third-order valence-electron chi connectivity index (χ3n) is 5.04. The molecule has 0 bridgehead atoms. The van der Waals surface area contributed by atoms with Crippen molar-refractivity contribution in [3.05, 3.63) is 82.7 Å². The molecule has 3 rings (SSSR count). The Kier molecular flexibility index (Phi) is 9.14. The summed E-state index contributed by atoms with van der Waals surface area (Å²) in [6, 6.07) is 13.4. The van der Waals surface area contributed by atoms with Crippen molar-refractivity contribution in [2.24, 2.45) is 0 Å². The normalized spacial score (nSPS) is 11.2. The molecule has 0 saturated carbocycles. The van der Waals surface area contributed by atoms with E-state index in [0.717, 1.165) is 5.56 Å². The highest BCUT2D eigenvalue weighted by Gasteiger charge is 2.34. The van der Waals surface area contributed by atoms with E-state index in [4.69, 9.17) is 4.74 Å². The maximum atomic E-state index is 13.6. The number of benzene rings is 2. The summed E-state index contributed by atoms with van der Waals surface area (Å²) in [5, 5.41) is 5.50. The molecule has 0 aliphatic heterocycles. The van der Waals surface area contributed by atoms with Crippen LogP contribution < -0.4 is 10.6 Å². The molecular formula is C28H27F3N4O4. The number of nitrogens with one attached hydrogen (secondary N) is 2. The number of esters is 1. The number of ether oxygens (including phenoxy) is 2. The number of hydrogen-bond acceptors (Lipinski definition) is 7. The zero-order valence-corrected chi connectivity index (χ0v) is 21.8. The molecule has 2 N–H and O–H groups in total. The Bertz CT molecular complexity index is 1390. The number of hydrogen-bond donors (Lipinski definition) is 2. The molecule has 39 heavy (non-hydrogen) atoms. The zero-order chi connectivity index (χ0) is 28.6. The molecule has 0 atom stereocenters. The molecule has 0 unspecified atom stereocenters. The number of rotatable bonds is 6. The summed E-state index contributed by atoms with van der Waals surface area (Å²) in [6.45, 7) is 5.51. The maximum Gasteiger partial charge on any atom is 0.420 e. The van der Waals surface area contributed by atoms with Gasteiger partial charge in [-0.2, -0.15) is 13.2 Å². The van der Waals surface area contributed by atoms with E-state index in [0.29, 0.717) is 23.0 Å². The molecule has 1 heterocycles. The fourth-order valence-electron chi connectivity index (χ4n) is 3.22. The van der Waals surface area contributed by atoms with Crippen LogP contribution >= 0.6 is 0 Å². The second-order valence-corrected chi connectivity index (χ2v) is 9.29. The number of amides is 1. The molecule has 2 aromatic carbocycles. The van der Waals surface area contributed by atoms with Crippen molar-refractivity contribution in [1.82, 2.24) is 15.3 Å². The highest BCUT2D eigenvalue weighted by Crippen LogP contribution is 2.31. The first-order valence-electron chi connectivity index (χ1n) is 11.8. The van der Waals surface area contributed by atoms with Crippen molar-refractivity contribution < 1.29 is 32.2 Å². The molecule has 0 spiro atoms. The van der Waals surface area contributed by atoms with Crippen LogP contribution in [0.1, 0.15) is 48.7 Å². The molecule has 1 aromatic heterocycles. The van der Waals surface area contributed by atoms with Crippen LogP contribution in [0, 0.1) is 11.8 Å². The molecule has 8 nitrogen and oxygen atoms in total. The molecule has 1 amide bonds. The number of nitrogens with zero attached hydrogens (tertiary/aromatic N) is 2. The lowest BCUT2D eigenvalue weighted by atomic mass is 10.0. The van der Waals surface area contributed by atoms with Crippen LogP contribution in [0.3, 0.4) is 0 Å². The van der Waals surface area contributed by atoms with Gasteiger partial charge in [0, 0.05) is 24.0 Å². The van der Waals surface area contributed by atoms with Gasteiger partial charge in [-0.05, 0) is 56.0 Å². The van der Waals surface area contributed by atoms with E-state index in [1.54, 1.807) is 69.3 Å². The van der Waals surface area contributed by atoms with Crippen molar-refractivity contribution in [2.75, 3.05) is 12.4 Å². The Morgan fingerprint density at radius 2 is 1.69 bits per heavy atom. The largest absolute Gasteiger partial charge is 0.469 e. The number of anilines is 2. The summed E-state index contributed by atoms with van der Waals surface area (Å²) in [7, 11) is 1.25. The maximum absolute atomic E-state index is 13.6. The average Bonchev–Trinajstić information content (AvgIpc) is 2.86. The van der Waals surface area contributed by atoms with E-state index < -0.39 is 35.1 Å². The number of methoxy groups -OCH3 is 1. The lowest BCUT2D eigenvalue weighted by molar-refractivity contribution is -0.140. The fraction of sp³-hybridized carbons (Fsp3) is 0.286. The van der Waals surface area contributed by atoms with E-state index in [1.807, 2.05) is 0 Å². The van der Waals surface area contributed by atoms with Crippen LogP contribution in [-0.2, 0) is 33.4 Å². The van der Waals surface area contributed by atoms with E-state index in [-0.39, 0.29) is 18.9 Å². The number of aromatic nitrogens is 2. The highest BCUT2D eigenvalue weighted by molar-refractivity contribution is 5.73. The summed E-state index contributed by atoms with van der Waals surface area (Å²) in [5.74, 6) is 4.58. The van der Waals surface area contributed by atoms with Gasteiger partial charge in [-0.25, -0.2) is 14.8 Å². The fourth-order valence-corrected chi connectivity index (χ4v) is 3.22. The lowest BCUT2D eigenvalue weighted by Crippen LogP contribution is -2.32. The second kappa shape index (κ2) is 12.3. The third-order valence-corrected chi connectivity index (χ3v) is 5.04. The Labute approximate surface area is 224 Å². The van der Waals surface area contributed by atoms with Gasteiger partial charge < -0.3 is 20.1 Å². The smallest absolute Gasteiger partial charge is 0.420 e. The Morgan fingerprint density at radius 3 is 2.33 bits per heavy atom. The van der Waals surface area contributed by atoms with Gasteiger partial charge in [0.05, 0.1) is 13.5 Å². The predicted molar refractivity (Wildman–Crippen MR) is 138 cm³/mol. The van der Waals surface area contributed by atoms with Crippen molar-refractivity contribution in [3.8, 4) is 11.8 Å². The molecule has 0 aliphatic rings. The number of carbonyl (C=O) groups excluding carboxylic acids is 2. The minimum Gasteiger partial charge on any atom is -0.469 e. The predicted octanol–water partition coefficient (Wildman–Crippen LogP) is 5.38. The zero-order valence-electron chi connectivity index (χ0n) is 21.8. The Balaban J connectivity index is 1.80. The third kappa shape index (κ3) is 9.03. The van der Waals surface area contributed by atoms with Crippen LogP contribution in [0.25, 0.3) is 0 Å². The first-order valence-corrected chi connectivity index (χ1v) is 11.8. The standard InChI is InChI=1S/C28H27F3N4O4/c1-27(2,3)39-26(37)33-16-18-9-12-21(13-10-18)34-25-32-17-22(28(29,30)31)23(35-25)14-11-19-7-5-6-8-20(19)15-24(36)38-4/h5-10,12-13,17H,15-16H2,1-4H3,(H,33,37)(H,32,34,35). The van der Waals surface area contributed by atoms with Gasteiger partial charge in [0.1, 0.15) is 16.9 Å². The quantitative estimate of drug-likeness (QED) is 0.320. The molecule has 0 fully saturated rings. The number of carbonyl (C=O) groups is 2. The Morgan fingerprint density at radius 1 is 1.00 bits per heavy atom. The molecule has 0 aliphatic carbocycles. The van der Waals surface area contributed by atoms with Crippen LogP contribution in [0.2, 0.25) is 0 Å². The minimum atomic E-state index is -4.73. The molecular weight excluding hydrogens is 513 g/mol. The molecule has 0 saturated heterocycles. The van der Waals surface area contributed by atoms with E-state index in [2.05, 4.69) is 37.2 Å². The van der Waals surface area contributed by atoms with Crippen LogP contribution in [-0.4, -0.2) is 34.7 Å². The first-order chi connectivity index (χ1) is 18.3. The van der Waals surface area contributed by atoms with E-state index >= 15 is 0 Å². The van der Waals surface area contributed by atoms with E-state index in [1.165, 1.54) is 7.11 Å². The van der Waals surface area contributed by atoms with Crippen molar-refractivity contribution >= 4 is 23.7 Å². The van der Waals surface area contributed by atoms with Crippen molar-refractivity contribution in [1.29, 1.82) is 0 Å².